The highest BCUT2D eigenvalue weighted by Gasteiger charge is 2.35. The molecule has 0 bridgehead atoms. The summed E-state index contributed by atoms with van der Waals surface area (Å²) in [4.78, 5) is 4.24. The molecule has 0 aliphatic heterocycles. The summed E-state index contributed by atoms with van der Waals surface area (Å²) in [6, 6.07) is 1.76. The van der Waals surface area contributed by atoms with Crippen molar-refractivity contribution >= 4 is 0 Å². The van der Waals surface area contributed by atoms with E-state index < -0.39 is 0 Å². The molecule has 0 fully saturated rings. The van der Waals surface area contributed by atoms with Gasteiger partial charge < -0.3 is 15.2 Å². The zero-order chi connectivity index (χ0) is 15.2. The van der Waals surface area contributed by atoms with Crippen LogP contribution in [0.2, 0.25) is 0 Å². The number of rotatable bonds is 8. The first-order valence-corrected chi connectivity index (χ1v) is 7.50. The van der Waals surface area contributed by atoms with Crippen molar-refractivity contribution in [2.24, 2.45) is 5.73 Å². The first-order valence-electron chi connectivity index (χ1n) is 7.50. The second-order valence-electron chi connectivity index (χ2n) is 5.30. The molecule has 2 N–H and O–H groups in total. The topological polar surface area (TPSA) is 57.4 Å². The predicted molar refractivity (Wildman–Crippen MR) is 81.9 cm³/mol. The van der Waals surface area contributed by atoms with Gasteiger partial charge in [0, 0.05) is 12.8 Å². The average molecular weight is 280 g/mol. The lowest BCUT2D eigenvalue weighted by Crippen LogP contribution is -2.43. The van der Waals surface area contributed by atoms with Crippen LogP contribution in [0.1, 0.15) is 59.1 Å². The number of nitrogens with two attached hydrogens (primary N) is 1. The minimum atomic E-state index is -0.340. The van der Waals surface area contributed by atoms with E-state index in [2.05, 4.69) is 18.8 Å². The smallest absolute Gasteiger partial charge is 0.138 e. The van der Waals surface area contributed by atoms with Gasteiger partial charge >= 0.3 is 0 Å². The van der Waals surface area contributed by atoms with Crippen LogP contribution in [0.25, 0.3) is 0 Å². The minimum absolute atomic E-state index is 0.122. The summed E-state index contributed by atoms with van der Waals surface area (Å²) in [6.45, 7) is 10.9. The number of aromatic nitrogens is 1. The molecule has 1 heterocycles. The molecular formula is C16H28N2O2. The maximum atomic E-state index is 6.46. The van der Waals surface area contributed by atoms with Gasteiger partial charge in [-0.05, 0) is 45.2 Å². The fourth-order valence-corrected chi connectivity index (χ4v) is 2.52. The van der Waals surface area contributed by atoms with Crippen molar-refractivity contribution in [1.29, 1.82) is 0 Å². The van der Waals surface area contributed by atoms with Crippen molar-refractivity contribution in [2.45, 2.75) is 65.2 Å². The van der Waals surface area contributed by atoms with Crippen LogP contribution < -0.4 is 10.5 Å². The summed E-state index contributed by atoms with van der Waals surface area (Å²) < 4.78 is 11.7. The van der Waals surface area contributed by atoms with Gasteiger partial charge in [0.05, 0.1) is 23.9 Å². The predicted octanol–water partition coefficient (Wildman–Crippen LogP) is 3.46. The standard InChI is InChI=1S/C16H28N2O2/c1-6-16(7-2,19-8-3)15(17)13-9-14(11-18-10-13)20-12(4)5/h9-12,15H,6-8,17H2,1-5H3. The molecule has 0 spiro atoms. The Labute approximate surface area is 122 Å². The molecule has 0 aromatic carbocycles. The van der Waals surface area contributed by atoms with Crippen LogP contribution >= 0.6 is 0 Å². The molecule has 114 valence electrons. The quantitative estimate of drug-likeness (QED) is 0.792. The van der Waals surface area contributed by atoms with Crippen molar-refractivity contribution in [3.63, 3.8) is 0 Å². The Morgan fingerprint density at radius 1 is 1.20 bits per heavy atom. The molecule has 0 saturated heterocycles. The molecule has 1 aromatic heterocycles. The highest BCUT2D eigenvalue weighted by atomic mass is 16.5. The molecule has 0 aliphatic carbocycles. The van der Waals surface area contributed by atoms with Gasteiger partial charge in [-0.1, -0.05) is 13.8 Å². The zero-order valence-electron chi connectivity index (χ0n) is 13.3. The summed E-state index contributed by atoms with van der Waals surface area (Å²) in [6.07, 6.45) is 5.38. The first-order chi connectivity index (χ1) is 9.49. The first kappa shape index (κ1) is 16.9. The van der Waals surface area contributed by atoms with Crippen LogP contribution in [0.15, 0.2) is 18.5 Å². The molecule has 0 saturated carbocycles. The van der Waals surface area contributed by atoms with Crippen LogP contribution in [-0.4, -0.2) is 23.3 Å². The molecule has 1 unspecified atom stereocenters. The highest BCUT2D eigenvalue weighted by molar-refractivity contribution is 5.28. The third kappa shape index (κ3) is 3.93. The molecule has 0 aliphatic rings. The number of nitrogens with zero attached hydrogens (tertiary/aromatic N) is 1. The summed E-state index contributed by atoms with van der Waals surface area (Å²) in [5.74, 6) is 0.755. The Kier molecular flexibility index (Phi) is 6.43. The van der Waals surface area contributed by atoms with Gasteiger partial charge in [-0.15, -0.1) is 0 Å². The Morgan fingerprint density at radius 3 is 2.35 bits per heavy atom. The fraction of sp³-hybridized carbons (Fsp3) is 0.688. The molecule has 1 atom stereocenters. The molecule has 1 aromatic rings. The Hall–Kier alpha value is -1.13. The third-order valence-corrected chi connectivity index (χ3v) is 3.66. The van der Waals surface area contributed by atoms with Crippen molar-refractivity contribution < 1.29 is 9.47 Å². The molecule has 0 radical (unpaired) electrons. The molecule has 0 amide bonds. The normalized spacial score (nSPS) is 13.6. The molecule has 20 heavy (non-hydrogen) atoms. The zero-order valence-corrected chi connectivity index (χ0v) is 13.3. The van der Waals surface area contributed by atoms with E-state index in [9.17, 15) is 0 Å². The van der Waals surface area contributed by atoms with Gasteiger partial charge in [0.2, 0.25) is 0 Å². The van der Waals surface area contributed by atoms with Crippen LogP contribution in [0.5, 0.6) is 5.75 Å². The largest absolute Gasteiger partial charge is 0.489 e. The SMILES string of the molecule is CCOC(CC)(CC)C(N)c1cncc(OC(C)C)c1. The fourth-order valence-electron chi connectivity index (χ4n) is 2.52. The van der Waals surface area contributed by atoms with E-state index in [4.69, 9.17) is 15.2 Å². The van der Waals surface area contributed by atoms with E-state index in [-0.39, 0.29) is 17.7 Å². The van der Waals surface area contributed by atoms with E-state index >= 15 is 0 Å². The maximum Gasteiger partial charge on any atom is 0.138 e. The number of hydrogen-bond acceptors (Lipinski definition) is 4. The van der Waals surface area contributed by atoms with Crippen molar-refractivity contribution in [3.05, 3.63) is 24.0 Å². The second-order valence-corrected chi connectivity index (χ2v) is 5.30. The van der Waals surface area contributed by atoms with Crippen LogP contribution in [0.3, 0.4) is 0 Å². The van der Waals surface area contributed by atoms with Gasteiger partial charge in [0.15, 0.2) is 0 Å². The van der Waals surface area contributed by atoms with E-state index in [0.717, 1.165) is 24.2 Å². The molecule has 4 nitrogen and oxygen atoms in total. The highest BCUT2D eigenvalue weighted by Crippen LogP contribution is 2.34. The van der Waals surface area contributed by atoms with Gasteiger partial charge in [-0.3, -0.25) is 4.98 Å². The monoisotopic (exact) mass is 280 g/mol. The van der Waals surface area contributed by atoms with Crippen LogP contribution in [0, 0.1) is 0 Å². The summed E-state index contributed by atoms with van der Waals surface area (Å²) >= 11 is 0. The number of ether oxygens (including phenoxy) is 2. The number of hydrogen-bond donors (Lipinski definition) is 1. The Balaban J connectivity index is 3.02. The van der Waals surface area contributed by atoms with E-state index in [1.54, 1.807) is 12.4 Å². The van der Waals surface area contributed by atoms with E-state index in [0.29, 0.717) is 6.61 Å². The molecular weight excluding hydrogens is 252 g/mol. The van der Waals surface area contributed by atoms with Gasteiger partial charge in [-0.2, -0.15) is 0 Å². The molecule has 1 rings (SSSR count). The van der Waals surface area contributed by atoms with Gasteiger partial charge in [-0.25, -0.2) is 0 Å². The average Bonchev–Trinajstić information content (AvgIpc) is 2.44. The van der Waals surface area contributed by atoms with Crippen molar-refractivity contribution in [1.82, 2.24) is 4.98 Å². The van der Waals surface area contributed by atoms with Gasteiger partial charge in [0.25, 0.3) is 0 Å². The molecule has 4 heteroatoms. The van der Waals surface area contributed by atoms with Crippen molar-refractivity contribution in [3.8, 4) is 5.75 Å². The van der Waals surface area contributed by atoms with Gasteiger partial charge in [0.1, 0.15) is 5.75 Å². The van der Waals surface area contributed by atoms with Crippen molar-refractivity contribution in [2.75, 3.05) is 6.61 Å². The Bertz CT molecular complexity index is 403. The summed E-state index contributed by atoms with van der Waals surface area (Å²) in [5.41, 5.74) is 7.08. The second kappa shape index (κ2) is 7.60. The Morgan fingerprint density at radius 2 is 1.85 bits per heavy atom. The third-order valence-electron chi connectivity index (χ3n) is 3.66. The minimum Gasteiger partial charge on any atom is -0.489 e. The summed E-state index contributed by atoms with van der Waals surface area (Å²) in [7, 11) is 0. The lowest BCUT2D eigenvalue weighted by atomic mass is 9.85. The lowest BCUT2D eigenvalue weighted by Gasteiger charge is -2.37. The lowest BCUT2D eigenvalue weighted by molar-refractivity contribution is -0.0646. The van der Waals surface area contributed by atoms with Crippen LogP contribution in [-0.2, 0) is 4.74 Å². The van der Waals surface area contributed by atoms with E-state index in [1.807, 2.05) is 26.8 Å². The maximum absolute atomic E-state index is 6.46. The number of pyridine rings is 1. The van der Waals surface area contributed by atoms with E-state index in [1.165, 1.54) is 0 Å². The summed E-state index contributed by atoms with van der Waals surface area (Å²) in [5, 5.41) is 0. The van der Waals surface area contributed by atoms with Crippen LogP contribution in [0.4, 0.5) is 0 Å².